The van der Waals surface area contributed by atoms with E-state index in [0.717, 1.165) is 11.6 Å². The topological polar surface area (TPSA) is 81.4 Å². The Morgan fingerprint density at radius 2 is 2.29 bits per heavy atom. The Kier molecular flexibility index (Phi) is 4.50. The predicted octanol–water partition coefficient (Wildman–Crippen LogP) is 1.40. The van der Waals surface area contributed by atoms with Crippen LogP contribution in [0.5, 0.6) is 5.75 Å². The number of benzene rings is 1. The number of aliphatic carboxylic acids is 1. The standard InChI is InChI=1S/C15H14N2O4/c1-21-13-5-3-11(4-6-14(18)19)12(9-13)10-17-8-2-7-16-15(17)20/h2-9H,10H2,1H3,(H,18,19). The van der Waals surface area contributed by atoms with Gasteiger partial charge in [0.15, 0.2) is 0 Å². The molecule has 0 fully saturated rings. The summed E-state index contributed by atoms with van der Waals surface area (Å²) in [6.07, 6.45) is 5.59. The first-order valence-electron chi connectivity index (χ1n) is 6.19. The quantitative estimate of drug-likeness (QED) is 0.840. The number of nitrogens with zero attached hydrogens (tertiary/aromatic N) is 2. The van der Waals surface area contributed by atoms with Gasteiger partial charge in [-0.05, 0) is 35.4 Å². The number of hydrogen-bond acceptors (Lipinski definition) is 4. The first-order valence-corrected chi connectivity index (χ1v) is 6.19. The molecule has 0 unspecified atom stereocenters. The monoisotopic (exact) mass is 286 g/mol. The highest BCUT2D eigenvalue weighted by Gasteiger charge is 2.05. The van der Waals surface area contributed by atoms with Crippen molar-refractivity contribution in [1.29, 1.82) is 0 Å². The van der Waals surface area contributed by atoms with Gasteiger partial charge >= 0.3 is 11.7 Å². The lowest BCUT2D eigenvalue weighted by molar-refractivity contribution is -0.131. The summed E-state index contributed by atoms with van der Waals surface area (Å²) >= 11 is 0. The van der Waals surface area contributed by atoms with Gasteiger partial charge in [-0.1, -0.05) is 6.07 Å². The molecule has 6 nitrogen and oxygen atoms in total. The lowest BCUT2D eigenvalue weighted by atomic mass is 10.1. The molecule has 0 saturated heterocycles. The number of aromatic nitrogens is 2. The fourth-order valence-electron chi connectivity index (χ4n) is 1.86. The third kappa shape index (κ3) is 3.79. The lowest BCUT2D eigenvalue weighted by Gasteiger charge is -2.10. The zero-order valence-corrected chi connectivity index (χ0v) is 11.4. The molecule has 1 heterocycles. The summed E-state index contributed by atoms with van der Waals surface area (Å²) < 4.78 is 6.60. The molecule has 0 radical (unpaired) electrons. The van der Waals surface area contributed by atoms with Crippen LogP contribution in [0.4, 0.5) is 0 Å². The lowest BCUT2D eigenvalue weighted by Crippen LogP contribution is -2.22. The maximum atomic E-state index is 11.7. The minimum absolute atomic E-state index is 0.281. The zero-order valence-electron chi connectivity index (χ0n) is 11.4. The summed E-state index contributed by atoms with van der Waals surface area (Å²) in [5.74, 6) is -0.398. The summed E-state index contributed by atoms with van der Waals surface area (Å²) in [6.45, 7) is 0.281. The van der Waals surface area contributed by atoms with Gasteiger partial charge in [0.25, 0.3) is 0 Å². The van der Waals surface area contributed by atoms with Crippen molar-refractivity contribution in [2.24, 2.45) is 0 Å². The zero-order chi connectivity index (χ0) is 15.2. The van der Waals surface area contributed by atoms with Gasteiger partial charge < -0.3 is 9.84 Å². The van der Waals surface area contributed by atoms with E-state index in [4.69, 9.17) is 9.84 Å². The van der Waals surface area contributed by atoms with Crippen molar-refractivity contribution in [2.75, 3.05) is 7.11 Å². The minimum atomic E-state index is -1.03. The molecule has 108 valence electrons. The van der Waals surface area contributed by atoms with Crippen LogP contribution >= 0.6 is 0 Å². The Morgan fingerprint density at radius 1 is 1.48 bits per heavy atom. The van der Waals surface area contributed by atoms with Crippen molar-refractivity contribution >= 4 is 12.0 Å². The highest BCUT2D eigenvalue weighted by molar-refractivity contribution is 5.85. The molecule has 0 amide bonds. The molecule has 0 spiro atoms. The second kappa shape index (κ2) is 6.51. The van der Waals surface area contributed by atoms with Crippen LogP contribution in [0.25, 0.3) is 6.08 Å². The third-order valence-corrected chi connectivity index (χ3v) is 2.88. The number of carbonyl (C=O) groups is 1. The van der Waals surface area contributed by atoms with Crippen molar-refractivity contribution in [2.45, 2.75) is 6.54 Å². The molecule has 0 aliphatic rings. The summed E-state index contributed by atoms with van der Waals surface area (Å²) in [6, 6.07) is 6.90. The number of hydrogen-bond donors (Lipinski definition) is 1. The molecule has 2 aromatic rings. The van der Waals surface area contributed by atoms with Crippen LogP contribution in [0.15, 0.2) is 47.5 Å². The molecule has 0 aliphatic heterocycles. The van der Waals surface area contributed by atoms with Crippen LogP contribution in [-0.4, -0.2) is 27.7 Å². The molecule has 0 atom stereocenters. The maximum absolute atomic E-state index is 11.7. The van der Waals surface area contributed by atoms with E-state index in [1.165, 1.54) is 16.8 Å². The number of methoxy groups -OCH3 is 1. The maximum Gasteiger partial charge on any atom is 0.347 e. The fourth-order valence-corrected chi connectivity index (χ4v) is 1.86. The Bertz CT molecular complexity index is 734. The van der Waals surface area contributed by atoms with E-state index in [-0.39, 0.29) is 12.2 Å². The highest BCUT2D eigenvalue weighted by atomic mass is 16.5. The third-order valence-electron chi connectivity index (χ3n) is 2.88. The van der Waals surface area contributed by atoms with Gasteiger partial charge in [0.2, 0.25) is 0 Å². The van der Waals surface area contributed by atoms with E-state index in [9.17, 15) is 9.59 Å². The summed E-state index contributed by atoms with van der Waals surface area (Å²) in [5.41, 5.74) is 1.10. The molecule has 0 aliphatic carbocycles. The average Bonchev–Trinajstić information content (AvgIpc) is 2.48. The van der Waals surface area contributed by atoms with Crippen molar-refractivity contribution in [3.63, 3.8) is 0 Å². The summed E-state index contributed by atoms with van der Waals surface area (Å²) in [5, 5.41) is 8.72. The molecule has 21 heavy (non-hydrogen) atoms. The second-order valence-electron chi connectivity index (χ2n) is 4.27. The van der Waals surface area contributed by atoms with Crippen LogP contribution in [0.1, 0.15) is 11.1 Å². The number of ether oxygens (including phenoxy) is 1. The predicted molar refractivity (Wildman–Crippen MR) is 77.3 cm³/mol. The SMILES string of the molecule is COc1ccc(C=CC(=O)O)c(Cn2cccnc2=O)c1. The van der Waals surface area contributed by atoms with Gasteiger partial charge in [0.05, 0.1) is 13.7 Å². The largest absolute Gasteiger partial charge is 0.497 e. The van der Waals surface area contributed by atoms with Crippen molar-refractivity contribution in [1.82, 2.24) is 9.55 Å². The highest BCUT2D eigenvalue weighted by Crippen LogP contribution is 2.19. The normalized spacial score (nSPS) is 10.7. The van der Waals surface area contributed by atoms with Crippen LogP contribution in [0.3, 0.4) is 0 Å². The molecule has 0 saturated carbocycles. The van der Waals surface area contributed by atoms with E-state index >= 15 is 0 Å². The van der Waals surface area contributed by atoms with E-state index in [2.05, 4.69) is 4.98 Å². The Morgan fingerprint density at radius 3 is 2.95 bits per heavy atom. The van der Waals surface area contributed by atoms with Gasteiger partial charge in [-0.2, -0.15) is 0 Å². The van der Waals surface area contributed by atoms with Gasteiger partial charge in [0, 0.05) is 18.5 Å². The molecule has 1 N–H and O–H groups in total. The smallest absolute Gasteiger partial charge is 0.347 e. The molecule has 6 heteroatoms. The van der Waals surface area contributed by atoms with E-state index in [0.29, 0.717) is 11.3 Å². The van der Waals surface area contributed by atoms with Crippen LogP contribution in [0, 0.1) is 0 Å². The van der Waals surface area contributed by atoms with Gasteiger partial charge in [-0.25, -0.2) is 14.6 Å². The first kappa shape index (κ1) is 14.5. The Labute approximate surface area is 121 Å². The Hall–Kier alpha value is -2.89. The van der Waals surface area contributed by atoms with Crippen LogP contribution in [0.2, 0.25) is 0 Å². The molecular weight excluding hydrogens is 272 g/mol. The average molecular weight is 286 g/mol. The fraction of sp³-hybridized carbons (Fsp3) is 0.133. The molecular formula is C15H14N2O4. The number of carboxylic acid groups (broad SMARTS) is 1. The molecule has 0 bridgehead atoms. The summed E-state index contributed by atoms with van der Waals surface area (Å²) in [4.78, 5) is 26.0. The first-order chi connectivity index (χ1) is 10.1. The van der Waals surface area contributed by atoms with E-state index < -0.39 is 5.97 Å². The van der Waals surface area contributed by atoms with Gasteiger partial charge in [-0.15, -0.1) is 0 Å². The number of carboxylic acids is 1. The number of rotatable bonds is 5. The van der Waals surface area contributed by atoms with Crippen molar-refractivity contribution in [3.05, 3.63) is 64.3 Å². The van der Waals surface area contributed by atoms with Crippen molar-refractivity contribution < 1.29 is 14.6 Å². The van der Waals surface area contributed by atoms with Crippen molar-refractivity contribution in [3.8, 4) is 5.75 Å². The Balaban J connectivity index is 2.42. The summed E-state index contributed by atoms with van der Waals surface area (Å²) in [7, 11) is 1.54. The van der Waals surface area contributed by atoms with E-state index in [1.54, 1.807) is 37.6 Å². The molecule has 2 rings (SSSR count). The van der Waals surface area contributed by atoms with Crippen LogP contribution < -0.4 is 10.4 Å². The van der Waals surface area contributed by atoms with Crippen LogP contribution in [-0.2, 0) is 11.3 Å². The molecule has 1 aromatic heterocycles. The van der Waals surface area contributed by atoms with E-state index in [1.807, 2.05) is 0 Å². The minimum Gasteiger partial charge on any atom is -0.497 e. The second-order valence-corrected chi connectivity index (χ2v) is 4.27. The molecule has 1 aromatic carbocycles. The van der Waals surface area contributed by atoms with Gasteiger partial charge in [0.1, 0.15) is 5.75 Å². The van der Waals surface area contributed by atoms with Gasteiger partial charge in [-0.3, -0.25) is 4.57 Å².